The van der Waals surface area contributed by atoms with Crippen LogP contribution >= 0.6 is 34.5 Å². The molecule has 192 valence electrons. The van der Waals surface area contributed by atoms with E-state index in [0.717, 1.165) is 20.2 Å². The third kappa shape index (κ3) is 5.12. The van der Waals surface area contributed by atoms with Crippen LogP contribution in [0.2, 0.25) is 9.36 Å². The van der Waals surface area contributed by atoms with E-state index in [9.17, 15) is 19.5 Å². The van der Waals surface area contributed by atoms with Crippen LogP contribution in [0.15, 0.2) is 76.2 Å². The number of thiophene rings is 1. The van der Waals surface area contributed by atoms with E-state index in [1.807, 2.05) is 6.07 Å². The molecule has 0 unspecified atom stereocenters. The lowest BCUT2D eigenvalue weighted by atomic mass is 10.2. The Labute approximate surface area is 228 Å². The second kappa shape index (κ2) is 10.7. The third-order valence-electron chi connectivity index (χ3n) is 5.51. The number of pyridine rings is 1. The molecule has 0 spiro atoms. The molecule has 5 aromatic rings. The summed E-state index contributed by atoms with van der Waals surface area (Å²) in [7, 11) is 0. The number of anilines is 1. The zero-order chi connectivity index (χ0) is 26.8. The van der Waals surface area contributed by atoms with Gasteiger partial charge in [-0.3, -0.25) is 19.0 Å². The quantitative estimate of drug-likeness (QED) is 0.250. The maximum Gasteiger partial charge on any atom is 0.281 e. The van der Waals surface area contributed by atoms with Crippen LogP contribution in [-0.2, 0) is 13.1 Å². The summed E-state index contributed by atoms with van der Waals surface area (Å²) < 4.78 is 7.47. The van der Waals surface area contributed by atoms with Crippen LogP contribution < -0.4 is 10.9 Å². The lowest BCUT2D eigenvalue weighted by Crippen LogP contribution is -2.25. The molecule has 0 aliphatic rings. The molecule has 2 N–H and O–H groups in total. The number of benzene rings is 1. The van der Waals surface area contributed by atoms with Crippen molar-refractivity contribution >= 4 is 52.0 Å². The molecule has 13 heteroatoms. The summed E-state index contributed by atoms with van der Waals surface area (Å²) in [6, 6.07) is 15.3. The molecule has 0 aliphatic heterocycles. The number of halogens is 2. The number of hydrogen-bond donors (Lipinski definition) is 2. The van der Waals surface area contributed by atoms with Gasteiger partial charge in [0.15, 0.2) is 5.69 Å². The van der Waals surface area contributed by atoms with E-state index >= 15 is 0 Å². The first-order valence-electron chi connectivity index (χ1n) is 11.1. The minimum atomic E-state index is -0.565. The summed E-state index contributed by atoms with van der Waals surface area (Å²) in [6.45, 7) is -0.132. The molecule has 4 aromatic heterocycles. The Morgan fingerprint density at radius 2 is 1.89 bits per heavy atom. The molecule has 0 amide bonds. The maximum absolute atomic E-state index is 13.5. The van der Waals surface area contributed by atoms with Crippen LogP contribution in [0.25, 0.3) is 11.4 Å². The van der Waals surface area contributed by atoms with Gasteiger partial charge in [0.25, 0.3) is 11.5 Å². The number of aromatic hydroxyl groups is 1. The Hall–Kier alpha value is -4.19. The number of nitrogens with one attached hydrogen (secondary N) is 1. The fourth-order valence-corrected chi connectivity index (χ4v) is 4.97. The highest BCUT2D eigenvalue weighted by Gasteiger charge is 2.24. The molecule has 4 heterocycles. The fraction of sp³-hybridized carbons (Fsp3) is 0.0800. The molecule has 10 nitrogen and oxygen atoms in total. The van der Waals surface area contributed by atoms with Crippen LogP contribution in [0.1, 0.15) is 25.7 Å². The molecule has 0 bridgehead atoms. The van der Waals surface area contributed by atoms with Gasteiger partial charge in [0.05, 0.1) is 28.0 Å². The number of carbonyl (C=O) groups excluding carboxylic acids is 2. The second-order valence-corrected chi connectivity index (χ2v) is 10.2. The van der Waals surface area contributed by atoms with Gasteiger partial charge in [0.2, 0.25) is 5.78 Å². The predicted octanol–water partition coefficient (Wildman–Crippen LogP) is 4.96. The van der Waals surface area contributed by atoms with E-state index in [-0.39, 0.29) is 39.2 Å². The topological polar surface area (TPSA) is 132 Å². The van der Waals surface area contributed by atoms with Gasteiger partial charge in [-0.15, -0.1) is 11.3 Å². The predicted molar refractivity (Wildman–Crippen MR) is 142 cm³/mol. The Kier molecular flexibility index (Phi) is 7.14. The van der Waals surface area contributed by atoms with Gasteiger partial charge >= 0.3 is 0 Å². The van der Waals surface area contributed by atoms with Crippen molar-refractivity contribution in [2.45, 2.75) is 13.1 Å². The summed E-state index contributed by atoms with van der Waals surface area (Å²) in [5.41, 5.74) is -0.337. The van der Waals surface area contributed by atoms with Crippen LogP contribution in [0.3, 0.4) is 0 Å². The van der Waals surface area contributed by atoms with Crippen molar-refractivity contribution in [1.29, 1.82) is 0 Å². The summed E-state index contributed by atoms with van der Waals surface area (Å²) in [5, 5.41) is 22.1. The van der Waals surface area contributed by atoms with Crippen LogP contribution in [-0.4, -0.2) is 36.3 Å². The Balaban J connectivity index is 1.60. The van der Waals surface area contributed by atoms with Crippen molar-refractivity contribution < 1.29 is 19.2 Å². The van der Waals surface area contributed by atoms with E-state index in [4.69, 9.17) is 27.7 Å². The number of carbonyl (C=O) groups is 2. The lowest BCUT2D eigenvalue weighted by Gasteiger charge is -2.11. The molecule has 0 aliphatic carbocycles. The molecule has 5 rings (SSSR count). The van der Waals surface area contributed by atoms with Gasteiger partial charge in [0.1, 0.15) is 29.2 Å². The second-order valence-electron chi connectivity index (χ2n) is 7.97. The number of rotatable bonds is 8. The summed E-state index contributed by atoms with van der Waals surface area (Å²) in [5.74, 6) is -1.12. The molecular weight excluding hydrogens is 553 g/mol. The number of ketones is 1. The Bertz CT molecular complexity index is 1710. The van der Waals surface area contributed by atoms with Gasteiger partial charge in [-0.25, -0.2) is 0 Å². The van der Waals surface area contributed by atoms with Crippen LogP contribution in [0, 0.1) is 0 Å². The molecular formula is C25H17Cl2N5O5S. The van der Waals surface area contributed by atoms with Gasteiger partial charge in [-0.2, -0.15) is 9.78 Å². The molecule has 0 radical (unpaired) electrons. The van der Waals surface area contributed by atoms with Crippen molar-refractivity contribution in [2.75, 3.05) is 5.32 Å². The molecule has 38 heavy (non-hydrogen) atoms. The Morgan fingerprint density at radius 3 is 2.61 bits per heavy atom. The monoisotopic (exact) mass is 569 g/mol. The maximum atomic E-state index is 13.5. The average molecular weight is 570 g/mol. The summed E-state index contributed by atoms with van der Waals surface area (Å²) in [6.07, 6.45) is 1.24. The van der Waals surface area contributed by atoms with Crippen molar-refractivity contribution in [1.82, 2.24) is 19.5 Å². The standard InChI is InChI=1S/C25H17Cl2N5O5S/c26-16-4-2-1-3-15(16)25(36)32-22(28-12-14-5-7-21(27)38-14)11-18(29-32)24-19(33)6-8-23(35)31(24)13-20(34)17-9-10-37-30-17/h1-11,28,33H,12-13H2. The lowest BCUT2D eigenvalue weighted by molar-refractivity contribution is 0.0943. The highest BCUT2D eigenvalue weighted by Crippen LogP contribution is 2.31. The van der Waals surface area contributed by atoms with Gasteiger partial charge in [-0.1, -0.05) is 40.5 Å². The zero-order valence-electron chi connectivity index (χ0n) is 19.3. The van der Waals surface area contributed by atoms with Gasteiger partial charge < -0.3 is 14.9 Å². The number of hydrogen-bond acceptors (Lipinski definition) is 9. The first-order valence-corrected chi connectivity index (χ1v) is 12.6. The SMILES string of the molecule is O=C(Cn1c(-c2cc(NCc3ccc(Cl)s3)n(C(=O)c3ccccc3Cl)n2)c(O)ccc1=O)c1ccon1. The zero-order valence-corrected chi connectivity index (χ0v) is 21.6. The average Bonchev–Trinajstić information content (AvgIpc) is 3.66. The smallest absolute Gasteiger partial charge is 0.281 e. The first kappa shape index (κ1) is 25.5. The molecule has 0 atom stereocenters. The molecule has 0 fully saturated rings. The highest BCUT2D eigenvalue weighted by atomic mass is 35.5. The number of nitrogens with zero attached hydrogens (tertiary/aromatic N) is 4. The molecule has 1 aromatic carbocycles. The first-order chi connectivity index (χ1) is 18.3. The van der Waals surface area contributed by atoms with E-state index in [1.54, 1.807) is 30.3 Å². The Morgan fingerprint density at radius 1 is 1.08 bits per heavy atom. The normalized spacial score (nSPS) is 11.0. The minimum absolute atomic E-state index is 0.0163. The largest absolute Gasteiger partial charge is 0.506 e. The highest BCUT2D eigenvalue weighted by molar-refractivity contribution is 7.16. The fourth-order valence-electron chi connectivity index (χ4n) is 3.73. The minimum Gasteiger partial charge on any atom is -0.506 e. The van der Waals surface area contributed by atoms with Gasteiger partial charge in [0, 0.05) is 23.1 Å². The van der Waals surface area contributed by atoms with E-state index in [0.29, 0.717) is 10.9 Å². The summed E-state index contributed by atoms with van der Waals surface area (Å²) in [4.78, 5) is 39.9. The molecule has 0 saturated heterocycles. The molecule has 0 saturated carbocycles. The van der Waals surface area contributed by atoms with Crippen LogP contribution in [0.5, 0.6) is 5.75 Å². The van der Waals surface area contributed by atoms with Crippen molar-refractivity contribution in [3.8, 4) is 17.1 Å². The third-order valence-corrected chi connectivity index (χ3v) is 7.07. The van der Waals surface area contributed by atoms with E-state index in [1.165, 1.54) is 35.8 Å². The number of aromatic nitrogens is 4. The van der Waals surface area contributed by atoms with E-state index in [2.05, 4.69) is 15.6 Å². The van der Waals surface area contributed by atoms with Crippen molar-refractivity contribution in [2.24, 2.45) is 0 Å². The van der Waals surface area contributed by atoms with Crippen LogP contribution in [0.4, 0.5) is 5.82 Å². The van der Waals surface area contributed by atoms with Crippen molar-refractivity contribution in [3.63, 3.8) is 0 Å². The summed E-state index contributed by atoms with van der Waals surface area (Å²) >= 11 is 13.7. The number of Topliss-reactive ketones (excluding diaryl/α,β-unsaturated/α-hetero) is 1. The van der Waals surface area contributed by atoms with E-state index < -0.39 is 23.8 Å². The van der Waals surface area contributed by atoms with Gasteiger partial charge in [-0.05, 0) is 30.3 Å². The van der Waals surface area contributed by atoms with Crippen molar-refractivity contribution in [3.05, 3.63) is 103 Å².